The van der Waals surface area contributed by atoms with Crippen LogP contribution in [-0.2, 0) is 0 Å². The van der Waals surface area contributed by atoms with Gasteiger partial charge in [-0.15, -0.1) is 10.2 Å². The Balaban J connectivity index is 2.95. The maximum atomic E-state index is 4.13. The molecule has 0 saturated heterocycles. The van der Waals surface area contributed by atoms with E-state index >= 15 is 0 Å². The first-order valence-electron chi connectivity index (χ1n) is 3.09. The molecule has 0 bridgehead atoms. The Hall–Kier alpha value is -1.19. The van der Waals surface area contributed by atoms with E-state index < -0.39 is 0 Å². The Morgan fingerprint density at radius 3 is 2.70 bits per heavy atom. The summed E-state index contributed by atoms with van der Waals surface area (Å²) in [6.07, 6.45) is 1.59. The van der Waals surface area contributed by atoms with E-state index in [-0.39, 0.29) is 0 Å². The summed E-state index contributed by atoms with van der Waals surface area (Å²) >= 11 is 0. The normalized spacial score (nSPS) is 9.50. The molecule has 54 valence electrons. The van der Waals surface area contributed by atoms with E-state index in [4.69, 9.17) is 0 Å². The lowest BCUT2D eigenvalue weighted by Gasteiger charge is -1.93. The fraction of sp³-hybridized carbons (Fsp3) is 0.500. The number of aromatic nitrogens is 3. The number of hydrogen-bond acceptors (Lipinski definition) is 3. The largest absolute Gasteiger partial charge is 0.205 e. The Morgan fingerprint density at radius 1 is 1.60 bits per heavy atom. The molecule has 0 N–H and O–H groups in total. The zero-order valence-corrected chi connectivity index (χ0v) is 6.37. The van der Waals surface area contributed by atoms with Crippen LogP contribution in [0.3, 0.4) is 0 Å². The van der Waals surface area contributed by atoms with Gasteiger partial charge in [-0.3, -0.25) is 0 Å². The maximum Gasteiger partial charge on any atom is 0.151 e. The lowest BCUT2D eigenvalue weighted by molar-refractivity contribution is 0.824. The van der Waals surface area contributed by atoms with E-state index in [1.165, 1.54) is 0 Å². The van der Waals surface area contributed by atoms with Gasteiger partial charge in [-0.2, -0.15) is 5.10 Å². The van der Waals surface area contributed by atoms with Crippen molar-refractivity contribution in [1.82, 2.24) is 14.9 Å². The van der Waals surface area contributed by atoms with Gasteiger partial charge >= 0.3 is 0 Å². The quantitative estimate of drug-likeness (QED) is 0.539. The second-order valence-electron chi connectivity index (χ2n) is 2.27. The molecule has 4 nitrogen and oxygen atoms in total. The summed E-state index contributed by atoms with van der Waals surface area (Å²) in [4.78, 5) is 0. The molecule has 1 rings (SSSR count). The molecule has 4 heteroatoms. The van der Waals surface area contributed by atoms with Gasteiger partial charge in [0.1, 0.15) is 6.33 Å². The van der Waals surface area contributed by atoms with Crippen molar-refractivity contribution in [2.45, 2.75) is 20.8 Å². The molecule has 0 spiro atoms. The van der Waals surface area contributed by atoms with Gasteiger partial charge < -0.3 is 0 Å². The third-order valence-corrected chi connectivity index (χ3v) is 1.00. The van der Waals surface area contributed by atoms with E-state index in [2.05, 4.69) is 15.3 Å². The third kappa shape index (κ3) is 1.40. The molecular formula is C6H10N4. The maximum absolute atomic E-state index is 4.13. The number of rotatable bonds is 1. The fourth-order valence-electron chi connectivity index (χ4n) is 0.601. The van der Waals surface area contributed by atoms with Crippen molar-refractivity contribution >= 4 is 5.71 Å². The zero-order valence-electron chi connectivity index (χ0n) is 6.37. The molecule has 0 aliphatic heterocycles. The monoisotopic (exact) mass is 138 g/mol. The Morgan fingerprint density at radius 2 is 2.30 bits per heavy atom. The Labute approximate surface area is 59.6 Å². The molecule has 0 aliphatic rings. The lowest BCUT2D eigenvalue weighted by Crippen LogP contribution is -1.93. The van der Waals surface area contributed by atoms with Gasteiger partial charge in [0.25, 0.3) is 0 Å². The van der Waals surface area contributed by atoms with Crippen molar-refractivity contribution in [3.63, 3.8) is 0 Å². The van der Waals surface area contributed by atoms with Gasteiger partial charge in [-0.1, -0.05) is 0 Å². The number of hydrogen-bond donors (Lipinski definition) is 0. The predicted octanol–water partition coefficient (Wildman–Crippen LogP) is 0.830. The second-order valence-corrected chi connectivity index (χ2v) is 2.27. The lowest BCUT2D eigenvalue weighted by atomic mass is 10.5. The summed E-state index contributed by atoms with van der Waals surface area (Å²) in [6, 6.07) is 0. The summed E-state index contributed by atoms with van der Waals surface area (Å²) in [7, 11) is 0. The van der Waals surface area contributed by atoms with Crippen LogP contribution < -0.4 is 0 Å². The van der Waals surface area contributed by atoms with Crippen molar-refractivity contribution in [2.75, 3.05) is 0 Å². The number of aryl methyl sites for hydroxylation is 1. The highest BCUT2D eigenvalue weighted by Crippen LogP contribution is 1.90. The predicted molar refractivity (Wildman–Crippen MR) is 38.9 cm³/mol. The van der Waals surface area contributed by atoms with Gasteiger partial charge in [0.2, 0.25) is 0 Å². The summed E-state index contributed by atoms with van der Waals surface area (Å²) in [5.41, 5.74) is 0.989. The van der Waals surface area contributed by atoms with Gasteiger partial charge in [-0.05, 0) is 20.8 Å². The highest BCUT2D eigenvalue weighted by molar-refractivity contribution is 5.78. The highest BCUT2D eigenvalue weighted by atomic mass is 15.4. The molecule has 0 unspecified atom stereocenters. The van der Waals surface area contributed by atoms with Crippen LogP contribution in [0.1, 0.15) is 19.7 Å². The van der Waals surface area contributed by atoms with Crippen LogP contribution in [-0.4, -0.2) is 20.6 Å². The van der Waals surface area contributed by atoms with Crippen LogP contribution >= 0.6 is 0 Å². The summed E-state index contributed by atoms with van der Waals surface area (Å²) < 4.78 is 1.65. The second kappa shape index (κ2) is 2.60. The van der Waals surface area contributed by atoms with Gasteiger partial charge in [-0.25, -0.2) is 4.68 Å². The zero-order chi connectivity index (χ0) is 7.56. The molecule has 1 aromatic rings. The Kier molecular flexibility index (Phi) is 1.80. The van der Waals surface area contributed by atoms with Crippen molar-refractivity contribution in [3.8, 4) is 0 Å². The van der Waals surface area contributed by atoms with E-state index in [1.807, 2.05) is 20.8 Å². The summed E-state index contributed by atoms with van der Waals surface area (Å²) in [6.45, 7) is 5.72. The van der Waals surface area contributed by atoms with Crippen LogP contribution in [0.2, 0.25) is 0 Å². The Bertz CT molecular complexity index is 244. The minimum absolute atomic E-state index is 0.807. The molecule has 0 aliphatic carbocycles. The SMILES string of the molecule is CC(C)=Nn1cnnc1C. The molecule has 0 fully saturated rings. The van der Waals surface area contributed by atoms with Crippen molar-refractivity contribution < 1.29 is 0 Å². The first-order valence-corrected chi connectivity index (χ1v) is 3.09. The average molecular weight is 138 g/mol. The number of nitrogens with zero attached hydrogens (tertiary/aromatic N) is 4. The van der Waals surface area contributed by atoms with E-state index in [9.17, 15) is 0 Å². The molecule has 0 saturated carbocycles. The van der Waals surface area contributed by atoms with Crippen molar-refractivity contribution in [1.29, 1.82) is 0 Å². The van der Waals surface area contributed by atoms with E-state index in [1.54, 1.807) is 11.0 Å². The molecule has 0 radical (unpaired) electrons. The van der Waals surface area contributed by atoms with Crippen LogP contribution in [0.4, 0.5) is 0 Å². The molecule has 0 atom stereocenters. The molecule has 1 heterocycles. The highest BCUT2D eigenvalue weighted by Gasteiger charge is 1.92. The molecule has 0 amide bonds. The molecule has 0 aromatic carbocycles. The third-order valence-electron chi connectivity index (χ3n) is 1.00. The standard InChI is InChI=1S/C6H10N4/c1-5(2)9-10-4-7-8-6(10)3/h4H,1-3H3. The summed E-state index contributed by atoms with van der Waals surface area (Å²) in [5.74, 6) is 0.807. The molecule has 1 aromatic heterocycles. The van der Waals surface area contributed by atoms with Crippen LogP contribution in [0.15, 0.2) is 11.4 Å². The first-order chi connectivity index (χ1) is 4.70. The van der Waals surface area contributed by atoms with E-state index in [0.29, 0.717) is 0 Å². The summed E-state index contributed by atoms with van der Waals surface area (Å²) in [5, 5.41) is 11.6. The minimum atomic E-state index is 0.807. The van der Waals surface area contributed by atoms with Crippen LogP contribution in [0.5, 0.6) is 0 Å². The average Bonchev–Trinajstić information content (AvgIpc) is 2.15. The first kappa shape index (κ1) is 6.92. The smallest absolute Gasteiger partial charge is 0.151 e. The van der Waals surface area contributed by atoms with Gasteiger partial charge in [0.05, 0.1) is 0 Å². The van der Waals surface area contributed by atoms with Crippen LogP contribution in [0, 0.1) is 6.92 Å². The van der Waals surface area contributed by atoms with E-state index in [0.717, 1.165) is 11.5 Å². The van der Waals surface area contributed by atoms with Crippen molar-refractivity contribution in [3.05, 3.63) is 12.2 Å². The van der Waals surface area contributed by atoms with Gasteiger partial charge in [0.15, 0.2) is 5.82 Å². The van der Waals surface area contributed by atoms with Gasteiger partial charge in [0, 0.05) is 5.71 Å². The van der Waals surface area contributed by atoms with Crippen molar-refractivity contribution in [2.24, 2.45) is 5.10 Å². The molecular weight excluding hydrogens is 128 g/mol. The topological polar surface area (TPSA) is 43.1 Å². The van der Waals surface area contributed by atoms with Crippen LogP contribution in [0.25, 0.3) is 0 Å². The fourth-order valence-corrected chi connectivity index (χ4v) is 0.601. The minimum Gasteiger partial charge on any atom is -0.205 e. The molecule has 10 heavy (non-hydrogen) atoms.